The summed E-state index contributed by atoms with van der Waals surface area (Å²) in [5.41, 5.74) is -0.344. The number of nitrogens with one attached hydrogen (secondary N) is 2. The minimum Gasteiger partial charge on any atom is -0.459 e. The van der Waals surface area contributed by atoms with Gasteiger partial charge in [0.15, 0.2) is 0 Å². The van der Waals surface area contributed by atoms with Crippen LogP contribution >= 0.6 is 0 Å². The van der Waals surface area contributed by atoms with Gasteiger partial charge in [0, 0.05) is 29.7 Å². The molecule has 1 aromatic heterocycles. The lowest BCUT2D eigenvalue weighted by Crippen LogP contribution is -2.51. The lowest BCUT2D eigenvalue weighted by atomic mass is 9.93. The number of amides is 2. The van der Waals surface area contributed by atoms with Crippen LogP contribution in [0, 0.1) is 0 Å². The molecule has 0 spiro atoms. The number of likely N-dealkylation sites (N-methyl/N-ethyl adjacent to an activating group) is 1. The molecule has 140 valence electrons. The number of carbonyl (C=O) groups is 3. The molecule has 0 bridgehead atoms. The van der Waals surface area contributed by atoms with Crippen LogP contribution in [0.25, 0.3) is 10.9 Å². The van der Waals surface area contributed by atoms with E-state index in [2.05, 4.69) is 10.3 Å². The van der Waals surface area contributed by atoms with Crippen molar-refractivity contribution < 1.29 is 19.1 Å². The van der Waals surface area contributed by atoms with Crippen molar-refractivity contribution in [2.24, 2.45) is 0 Å². The standard InChI is InChI=1S/C19H25N3O4/c1-18(2,3)26-16(24)11-22(5)17(25)21-19(4,12-23)14-10-20-15-9-7-6-8-13(14)15/h6-10,12,20H,11H2,1-5H3,(H,21,25). The maximum atomic E-state index is 12.5. The van der Waals surface area contributed by atoms with Gasteiger partial charge in [0.2, 0.25) is 0 Å². The van der Waals surface area contributed by atoms with Gasteiger partial charge in [-0.15, -0.1) is 0 Å². The number of aldehydes is 1. The number of ether oxygens (including phenoxy) is 1. The lowest BCUT2D eigenvalue weighted by molar-refractivity contribution is -0.155. The molecule has 0 saturated carbocycles. The number of urea groups is 1. The molecule has 2 amide bonds. The molecule has 1 unspecified atom stereocenters. The molecule has 0 saturated heterocycles. The first-order chi connectivity index (χ1) is 12.1. The minimum atomic E-state index is -1.24. The van der Waals surface area contributed by atoms with E-state index in [0.717, 1.165) is 10.9 Å². The van der Waals surface area contributed by atoms with Crippen molar-refractivity contribution in [1.29, 1.82) is 0 Å². The summed E-state index contributed by atoms with van der Waals surface area (Å²) < 4.78 is 5.21. The number of benzene rings is 1. The molecule has 2 rings (SSSR count). The molecule has 2 aromatic rings. The molecule has 7 nitrogen and oxygen atoms in total. The van der Waals surface area contributed by atoms with Crippen molar-refractivity contribution in [2.45, 2.75) is 38.8 Å². The number of para-hydroxylation sites is 1. The van der Waals surface area contributed by atoms with Crippen molar-refractivity contribution in [2.75, 3.05) is 13.6 Å². The highest BCUT2D eigenvalue weighted by atomic mass is 16.6. The fourth-order valence-electron chi connectivity index (χ4n) is 2.62. The number of aromatic nitrogens is 1. The number of H-pyrrole nitrogens is 1. The van der Waals surface area contributed by atoms with Crippen LogP contribution < -0.4 is 5.32 Å². The fraction of sp³-hybridized carbons (Fsp3) is 0.421. The summed E-state index contributed by atoms with van der Waals surface area (Å²) in [7, 11) is 1.47. The Morgan fingerprint density at radius 3 is 2.50 bits per heavy atom. The van der Waals surface area contributed by atoms with E-state index in [4.69, 9.17) is 4.74 Å². The first kappa shape index (κ1) is 19.5. The summed E-state index contributed by atoms with van der Waals surface area (Å²) in [4.78, 5) is 40.5. The Morgan fingerprint density at radius 2 is 1.88 bits per heavy atom. The number of fused-ring (bicyclic) bond motifs is 1. The van der Waals surface area contributed by atoms with Crippen molar-refractivity contribution in [3.8, 4) is 0 Å². The maximum Gasteiger partial charge on any atom is 0.326 e. The molecule has 1 heterocycles. The van der Waals surface area contributed by atoms with E-state index in [1.54, 1.807) is 33.9 Å². The van der Waals surface area contributed by atoms with E-state index in [-0.39, 0.29) is 6.54 Å². The van der Waals surface area contributed by atoms with E-state index in [1.807, 2.05) is 24.3 Å². The summed E-state index contributed by atoms with van der Waals surface area (Å²) in [6.45, 7) is 6.67. The molecule has 0 fully saturated rings. The average molecular weight is 359 g/mol. The number of nitrogens with zero attached hydrogens (tertiary/aromatic N) is 1. The average Bonchev–Trinajstić information content (AvgIpc) is 2.97. The Morgan fingerprint density at radius 1 is 1.23 bits per heavy atom. The maximum absolute atomic E-state index is 12.5. The zero-order chi connectivity index (χ0) is 19.5. The molecule has 0 aliphatic rings. The molecule has 1 aromatic carbocycles. The number of hydrogen-bond donors (Lipinski definition) is 2. The smallest absolute Gasteiger partial charge is 0.326 e. The molecule has 0 radical (unpaired) electrons. The Hall–Kier alpha value is -2.83. The first-order valence-corrected chi connectivity index (χ1v) is 8.34. The second-order valence-corrected chi connectivity index (χ2v) is 7.44. The Labute approximate surface area is 152 Å². The number of rotatable bonds is 5. The normalized spacial score (nSPS) is 13.7. The van der Waals surface area contributed by atoms with E-state index in [0.29, 0.717) is 11.8 Å². The SMILES string of the molecule is CN(CC(=O)OC(C)(C)C)C(=O)NC(C)(C=O)c1c[nH]c2ccccc12. The van der Waals surface area contributed by atoms with Crippen LogP contribution in [0.15, 0.2) is 30.5 Å². The van der Waals surface area contributed by atoms with Crippen LogP contribution in [0.1, 0.15) is 33.3 Å². The van der Waals surface area contributed by atoms with E-state index < -0.39 is 23.1 Å². The van der Waals surface area contributed by atoms with E-state index >= 15 is 0 Å². The van der Waals surface area contributed by atoms with Gasteiger partial charge in [-0.3, -0.25) is 4.79 Å². The van der Waals surface area contributed by atoms with Crippen LogP contribution in [-0.4, -0.2) is 47.4 Å². The monoisotopic (exact) mass is 359 g/mol. The van der Waals surface area contributed by atoms with Gasteiger partial charge in [-0.05, 0) is 33.8 Å². The van der Waals surface area contributed by atoms with Crippen molar-refractivity contribution in [1.82, 2.24) is 15.2 Å². The van der Waals surface area contributed by atoms with Gasteiger partial charge in [0.05, 0.1) is 0 Å². The van der Waals surface area contributed by atoms with Crippen molar-refractivity contribution in [3.05, 3.63) is 36.0 Å². The second kappa shape index (κ2) is 7.19. The molecule has 7 heteroatoms. The van der Waals surface area contributed by atoms with Gasteiger partial charge in [0.1, 0.15) is 24.0 Å². The number of hydrogen-bond acceptors (Lipinski definition) is 4. The topological polar surface area (TPSA) is 91.5 Å². The number of carbonyl (C=O) groups excluding carboxylic acids is 3. The summed E-state index contributed by atoms with van der Waals surface area (Å²) >= 11 is 0. The summed E-state index contributed by atoms with van der Waals surface area (Å²) in [6.07, 6.45) is 2.38. The highest BCUT2D eigenvalue weighted by Crippen LogP contribution is 2.27. The number of esters is 1. The van der Waals surface area contributed by atoms with Crippen molar-refractivity contribution >= 4 is 29.2 Å². The molecular formula is C19H25N3O4. The Bertz CT molecular complexity index is 822. The van der Waals surface area contributed by atoms with Gasteiger partial charge in [-0.1, -0.05) is 18.2 Å². The third-order valence-corrected chi connectivity index (χ3v) is 3.88. The highest BCUT2D eigenvalue weighted by molar-refractivity contribution is 5.91. The predicted octanol–water partition coefficient (Wildman–Crippen LogP) is 2.57. The third-order valence-electron chi connectivity index (χ3n) is 3.88. The molecule has 1 atom stereocenters. The minimum absolute atomic E-state index is 0.216. The summed E-state index contributed by atoms with van der Waals surface area (Å²) in [6, 6.07) is 6.96. The van der Waals surface area contributed by atoms with Gasteiger partial charge in [-0.2, -0.15) is 0 Å². The molecular weight excluding hydrogens is 334 g/mol. The molecule has 0 aliphatic carbocycles. The van der Waals surface area contributed by atoms with Crippen molar-refractivity contribution in [3.63, 3.8) is 0 Å². The van der Waals surface area contributed by atoms with Gasteiger partial charge < -0.3 is 24.7 Å². The molecule has 2 N–H and O–H groups in total. The molecule has 0 aliphatic heterocycles. The Kier molecular flexibility index (Phi) is 5.39. The van der Waals surface area contributed by atoms with Crippen LogP contribution in [0.5, 0.6) is 0 Å². The second-order valence-electron chi connectivity index (χ2n) is 7.44. The van der Waals surface area contributed by atoms with Gasteiger partial charge >= 0.3 is 12.0 Å². The van der Waals surface area contributed by atoms with Crippen LogP contribution in [0.3, 0.4) is 0 Å². The summed E-state index contributed by atoms with van der Waals surface area (Å²) in [5, 5.41) is 3.54. The van der Waals surface area contributed by atoms with Crippen LogP contribution in [0.2, 0.25) is 0 Å². The number of aromatic amines is 1. The largest absolute Gasteiger partial charge is 0.459 e. The van der Waals surface area contributed by atoms with E-state index in [9.17, 15) is 14.4 Å². The fourth-order valence-corrected chi connectivity index (χ4v) is 2.62. The zero-order valence-corrected chi connectivity index (χ0v) is 15.8. The van der Waals surface area contributed by atoms with Crippen LogP contribution in [-0.2, 0) is 19.9 Å². The van der Waals surface area contributed by atoms with E-state index in [1.165, 1.54) is 11.9 Å². The third kappa shape index (κ3) is 4.41. The van der Waals surface area contributed by atoms with Gasteiger partial charge in [-0.25, -0.2) is 4.79 Å². The quantitative estimate of drug-likeness (QED) is 0.634. The Balaban J connectivity index is 2.14. The van der Waals surface area contributed by atoms with Crippen LogP contribution in [0.4, 0.5) is 4.79 Å². The highest BCUT2D eigenvalue weighted by Gasteiger charge is 2.32. The summed E-state index contributed by atoms with van der Waals surface area (Å²) in [5.74, 6) is -0.518. The van der Waals surface area contributed by atoms with Gasteiger partial charge in [0.25, 0.3) is 0 Å². The predicted molar refractivity (Wildman–Crippen MR) is 98.7 cm³/mol. The molecule has 26 heavy (non-hydrogen) atoms. The lowest BCUT2D eigenvalue weighted by Gasteiger charge is -2.28. The zero-order valence-electron chi connectivity index (χ0n) is 15.8. The first-order valence-electron chi connectivity index (χ1n) is 8.34.